The van der Waals surface area contributed by atoms with E-state index >= 15 is 0 Å². The topological polar surface area (TPSA) is 82.4 Å². The van der Waals surface area contributed by atoms with Crippen molar-refractivity contribution in [1.29, 1.82) is 0 Å². The molecule has 1 unspecified atom stereocenters. The third kappa shape index (κ3) is 2.93. The van der Waals surface area contributed by atoms with Gasteiger partial charge in [-0.3, -0.25) is 15.0 Å². The molecule has 29 heavy (non-hydrogen) atoms. The zero-order chi connectivity index (χ0) is 20.0. The molecule has 2 heterocycles. The van der Waals surface area contributed by atoms with E-state index in [0.717, 1.165) is 58.9 Å². The number of aromatic nitrogens is 1. The first-order chi connectivity index (χ1) is 14.1. The van der Waals surface area contributed by atoms with Gasteiger partial charge in [-0.25, -0.2) is 0 Å². The highest BCUT2D eigenvalue weighted by atomic mass is 16.6. The van der Waals surface area contributed by atoms with Crippen LogP contribution in [0.15, 0.2) is 60.7 Å². The summed E-state index contributed by atoms with van der Waals surface area (Å²) in [5, 5.41) is 24.2. The predicted molar refractivity (Wildman–Crippen MR) is 113 cm³/mol. The summed E-state index contributed by atoms with van der Waals surface area (Å²) in [6.07, 6.45) is 2.22. The van der Waals surface area contributed by atoms with Crippen LogP contribution in [0, 0.1) is 10.1 Å². The Morgan fingerprint density at radius 2 is 1.69 bits per heavy atom. The zero-order valence-corrected chi connectivity index (χ0v) is 15.8. The van der Waals surface area contributed by atoms with Crippen molar-refractivity contribution in [3.05, 3.63) is 81.9 Å². The van der Waals surface area contributed by atoms with E-state index in [9.17, 15) is 15.2 Å². The van der Waals surface area contributed by atoms with E-state index in [0.29, 0.717) is 0 Å². The number of nitrogens with zero attached hydrogens (tertiary/aromatic N) is 2. The van der Waals surface area contributed by atoms with E-state index in [1.165, 1.54) is 0 Å². The fraction of sp³-hybridized carbons (Fsp3) is 0.217. The van der Waals surface area contributed by atoms with Gasteiger partial charge in [-0.2, -0.15) is 0 Å². The number of non-ortho nitro benzene ring substituents is 1. The first-order valence-corrected chi connectivity index (χ1v) is 9.84. The fourth-order valence-corrected chi connectivity index (χ4v) is 4.53. The Labute approximate surface area is 167 Å². The highest BCUT2D eigenvalue weighted by Crippen LogP contribution is 2.42. The highest BCUT2D eigenvalue weighted by molar-refractivity contribution is 6.10. The molecule has 1 atom stereocenters. The Morgan fingerprint density at radius 1 is 0.966 bits per heavy atom. The maximum absolute atomic E-state index is 11.3. The van der Waals surface area contributed by atoms with Crippen LogP contribution in [-0.2, 0) is 0 Å². The number of rotatable bonds is 4. The van der Waals surface area contributed by atoms with Gasteiger partial charge in [-0.1, -0.05) is 36.4 Å². The number of nitro groups is 1. The van der Waals surface area contributed by atoms with Crippen LogP contribution in [0.2, 0.25) is 0 Å². The number of fused-ring (bicyclic) bond motifs is 3. The van der Waals surface area contributed by atoms with Crippen LogP contribution in [0.1, 0.15) is 30.0 Å². The van der Waals surface area contributed by atoms with Gasteiger partial charge < -0.3 is 10.1 Å². The molecule has 0 bridgehead atoms. The number of hydrogen-bond donors (Lipinski definition) is 2. The van der Waals surface area contributed by atoms with Crippen molar-refractivity contribution >= 4 is 27.5 Å². The maximum Gasteiger partial charge on any atom is 0.269 e. The van der Waals surface area contributed by atoms with Crippen LogP contribution < -0.4 is 0 Å². The van der Waals surface area contributed by atoms with Crippen molar-refractivity contribution in [2.24, 2.45) is 0 Å². The molecule has 0 aliphatic carbocycles. The average Bonchev–Trinajstić information content (AvgIpc) is 3.38. The van der Waals surface area contributed by atoms with Crippen molar-refractivity contribution in [2.75, 3.05) is 13.1 Å². The van der Waals surface area contributed by atoms with Crippen LogP contribution in [0.25, 0.3) is 21.8 Å². The SMILES string of the molecule is O=[N+]([O-])c1ccc(C(c2ccc3[nH]c4ccccc4c3c2O)N2CCCC2)cc1. The summed E-state index contributed by atoms with van der Waals surface area (Å²) in [5.41, 5.74) is 3.74. The smallest absolute Gasteiger partial charge is 0.269 e. The van der Waals surface area contributed by atoms with Gasteiger partial charge >= 0.3 is 0 Å². The zero-order valence-electron chi connectivity index (χ0n) is 15.8. The molecular weight excluding hydrogens is 366 g/mol. The molecule has 0 radical (unpaired) electrons. The summed E-state index contributed by atoms with van der Waals surface area (Å²) >= 11 is 0. The number of aromatic hydroxyl groups is 1. The number of phenolic OH excluding ortho intramolecular Hbond substituents is 1. The molecule has 146 valence electrons. The average molecular weight is 387 g/mol. The first-order valence-electron chi connectivity index (χ1n) is 9.84. The fourth-order valence-electron chi connectivity index (χ4n) is 4.53. The lowest BCUT2D eigenvalue weighted by atomic mass is 9.94. The standard InChI is InChI=1S/C23H21N3O3/c27-23-18(11-12-20-21(23)17-5-1-2-6-19(17)24-20)22(25-13-3-4-14-25)15-7-9-16(10-8-15)26(28)29/h1-2,5-12,22,24,27H,3-4,13-14H2. The molecule has 0 amide bonds. The van der Waals surface area contributed by atoms with Crippen molar-refractivity contribution in [2.45, 2.75) is 18.9 Å². The monoisotopic (exact) mass is 387 g/mol. The summed E-state index contributed by atoms with van der Waals surface area (Å²) in [6.45, 7) is 1.88. The summed E-state index contributed by atoms with van der Waals surface area (Å²) < 4.78 is 0. The Balaban J connectivity index is 1.69. The van der Waals surface area contributed by atoms with Crippen LogP contribution in [-0.4, -0.2) is 33.0 Å². The minimum Gasteiger partial charge on any atom is -0.507 e. The van der Waals surface area contributed by atoms with Crippen LogP contribution in [0.4, 0.5) is 5.69 Å². The first kappa shape index (κ1) is 17.7. The van der Waals surface area contributed by atoms with E-state index in [2.05, 4.69) is 9.88 Å². The second-order valence-electron chi connectivity index (χ2n) is 7.59. The Morgan fingerprint density at radius 3 is 2.41 bits per heavy atom. The molecule has 0 spiro atoms. The number of H-pyrrole nitrogens is 1. The van der Waals surface area contributed by atoms with Gasteiger partial charge in [0.05, 0.1) is 16.5 Å². The molecule has 1 aromatic heterocycles. The molecule has 1 aliphatic rings. The van der Waals surface area contributed by atoms with Gasteiger partial charge in [-0.15, -0.1) is 0 Å². The highest BCUT2D eigenvalue weighted by Gasteiger charge is 2.28. The molecule has 6 heteroatoms. The summed E-state index contributed by atoms with van der Waals surface area (Å²) in [4.78, 5) is 16.4. The Kier molecular flexibility index (Phi) is 4.21. The lowest BCUT2D eigenvalue weighted by Crippen LogP contribution is -2.26. The molecule has 1 aliphatic heterocycles. The summed E-state index contributed by atoms with van der Waals surface area (Å²) in [6, 6.07) is 18.5. The minimum atomic E-state index is -0.385. The van der Waals surface area contributed by atoms with Gasteiger partial charge in [0, 0.05) is 34.0 Å². The van der Waals surface area contributed by atoms with Crippen LogP contribution in [0.5, 0.6) is 5.75 Å². The number of nitro benzene ring substituents is 1. The van der Waals surface area contributed by atoms with Gasteiger partial charge in [-0.05, 0) is 43.6 Å². The van der Waals surface area contributed by atoms with Gasteiger partial charge in [0.15, 0.2) is 0 Å². The van der Waals surface area contributed by atoms with E-state index in [-0.39, 0.29) is 22.4 Å². The van der Waals surface area contributed by atoms with Gasteiger partial charge in [0.1, 0.15) is 5.75 Å². The molecular formula is C23H21N3O3. The van der Waals surface area contributed by atoms with E-state index in [4.69, 9.17) is 0 Å². The quantitative estimate of drug-likeness (QED) is 0.376. The second kappa shape index (κ2) is 6.90. The van der Waals surface area contributed by atoms with Crippen molar-refractivity contribution in [3.63, 3.8) is 0 Å². The number of benzene rings is 3. The van der Waals surface area contributed by atoms with Crippen molar-refractivity contribution < 1.29 is 10.0 Å². The number of aromatic amines is 1. The molecule has 1 saturated heterocycles. The Bertz CT molecular complexity index is 1210. The number of para-hydroxylation sites is 1. The molecule has 0 saturated carbocycles. The van der Waals surface area contributed by atoms with E-state index in [1.54, 1.807) is 24.3 Å². The molecule has 6 nitrogen and oxygen atoms in total. The molecule has 3 aromatic carbocycles. The normalized spacial score (nSPS) is 15.9. The van der Waals surface area contributed by atoms with Gasteiger partial charge in [0.2, 0.25) is 0 Å². The second-order valence-corrected chi connectivity index (χ2v) is 7.59. The number of nitrogens with one attached hydrogen (secondary N) is 1. The molecule has 4 aromatic rings. The minimum absolute atomic E-state index is 0.0743. The van der Waals surface area contributed by atoms with Crippen LogP contribution in [0.3, 0.4) is 0 Å². The van der Waals surface area contributed by atoms with Crippen LogP contribution >= 0.6 is 0 Å². The lowest BCUT2D eigenvalue weighted by molar-refractivity contribution is -0.384. The predicted octanol–water partition coefficient (Wildman–Crippen LogP) is 5.12. The summed E-state index contributed by atoms with van der Waals surface area (Å²) in [5.74, 6) is 0.273. The summed E-state index contributed by atoms with van der Waals surface area (Å²) in [7, 11) is 0. The number of hydrogen-bond acceptors (Lipinski definition) is 4. The largest absolute Gasteiger partial charge is 0.507 e. The molecule has 1 fully saturated rings. The van der Waals surface area contributed by atoms with E-state index < -0.39 is 0 Å². The molecule has 5 rings (SSSR count). The maximum atomic E-state index is 11.3. The van der Waals surface area contributed by atoms with Gasteiger partial charge in [0.25, 0.3) is 5.69 Å². The van der Waals surface area contributed by atoms with Crippen molar-refractivity contribution in [1.82, 2.24) is 9.88 Å². The molecule has 2 N–H and O–H groups in total. The Hall–Kier alpha value is -3.38. The van der Waals surface area contributed by atoms with Crippen molar-refractivity contribution in [3.8, 4) is 5.75 Å². The lowest BCUT2D eigenvalue weighted by Gasteiger charge is -2.29. The number of likely N-dealkylation sites (tertiary alicyclic amines) is 1. The third-order valence-corrected chi connectivity index (χ3v) is 5.89. The third-order valence-electron chi connectivity index (χ3n) is 5.89. The van der Waals surface area contributed by atoms with E-state index in [1.807, 2.05) is 36.4 Å². The number of phenols is 1.